The van der Waals surface area contributed by atoms with E-state index in [-0.39, 0.29) is 12.4 Å². The van der Waals surface area contributed by atoms with E-state index in [1.165, 1.54) is 17.8 Å². The second-order valence-corrected chi connectivity index (χ2v) is 3.89. The minimum Gasteiger partial charge on any atom is -0.394 e. The maximum atomic E-state index is 12.7. The van der Waals surface area contributed by atoms with E-state index in [9.17, 15) is 4.39 Å². The smallest absolute Gasteiger partial charge is 0.141 e. The summed E-state index contributed by atoms with van der Waals surface area (Å²) in [5.74, 6) is 0.667. The Kier molecular flexibility index (Phi) is 4.86. The van der Waals surface area contributed by atoms with Crippen molar-refractivity contribution in [3.8, 4) is 0 Å². The van der Waals surface area contributed by atoms with Gasteiger partial charge in [-0.15, -0.1) is 0 Å². The van der Waals surface area contributed by atoms with Crippen LogP contribution in [0.15, 0.2) is 18.5 Å². The first-order valence-corrected chi connectivity index (χ1v) is 5.34. The number of hydrogen-bond acceptors (Lipinski definition) is 4. The standard InChI is InChI=1S/C9H12FNO2S/c10-8-1-7(2-11-3-8)5-14-6-9(13)4-12/h1-3,9,12-13H,4-6H2. The summed E-state index contributed by atoms with van der Waals surface area (Å²) < 4.78 is 12.7. The molecule has 0 fully saturated rings. The summed E-state index contributed by atoms with van der Waals surface area (Å²) in [6.45, 7) is -0.242. The molecule has 1 heterocycles. The summed E-state index contributed by atoms with van der Waals surface area (Å²) in [7, 11) is 0. The molecule has 0 spiro atoms. The second kappa shape index (κ2) is 5.95. The van der Waals surface area contributed by atoms with Crippen molar-refractivity contribution in [2.75, 3.05) is 12.4 Å². The first-order chi connectivity index (χ1) is 6.72. The molecule has 5 heteroatoms. The second-order valence-electron chi connectivity index (χ2n) is 2.86. The normalized spacial score (nSPS) is 12.8. The molecule has 0 aliphatic heterocycles. The molecule has 78 valence electrons. The van der Waals surface area contributed by atoms with E-state index < -0.39 is 6.10 Å². The topological polar surface area (TPSA) is 53.4 Å². The molecule has 1 atom stereocenters. The molecular weight excluding hydrogens is 205 g/mol. The summed E-state index contributed by atoms with van der Waals surface area (Å²) in [5.41, 5.74) is 0.778. The van der Waals surface area contributed by atoms with Crippen molar-refractivity contribution in [3.05, 3.63) is 29.8 Å². The lowest BCUT2D eigenvalue weighted by Crippen LogP contribution is -2.14. The first-order valence-electron chi connectivity index (χ1n) is 4.18. The van der Waals surface area contributed by atoms with Gasteiger partial charge in [-0.05, 0) is 11.6 Å². The van der Waals surface area contributed by atoms with Crippen molar-refractivity contribution in [2.45, 2.75) is 11.9 Å². The third kappa shape index (κ3) is 4.04. The van der Waals surface area contributed by atoms with Crippen molar-refractivity contribution < 1.29 is 14.6 Å². The van der Waals surface area contributed by atoms with Crippen LogP contribution in [0.3, 0.4) is 0 Å². The third-order valence-corrected chi connectivity index (χ3v) is 2.71. The lowest BCUT2D eigenvalue weighted by molar-refractivity contribution is 0.113. The van der Waals surface area contributed by atoms with Crippen LogP contribution in [0.2, 0.25) is 0 Å². The van der Waals surface area contributed by atoms with Crippen LogP contribution in [0, 0.1) is 5.82 Å². The van der Waals surface area contributed by atoms with Crippen LogP contribution >= 0.6 is 11.8 Å². The number of hydrogen-bond donors (Lipinski definition) is 2. The van der Waals surface area contributed by atoms with Gasteiger partial charge in [0.05, 0.1) is 18.9 Å². The largest absolute Gasteiger partial charge is 0.394 e. The molecule has 0 bridgehead atoms. The van der Waals surface area contributed by atoms with Crippen LogP contribution in [0.4, 0.5) is 4.39 Å². The Labute approximate surface area is 86.0 Å². The van der Waals surface area contributed by atoms with Crippen LogP contribution in [0.5, 0.6) is 0 Å². The molecule has 0 saturated heterocycles. The van der Waals surface area contributed by atoms with E-state index >= 15 is 0 Å². The van der Waals surface area contributed by atoms with E-state index in [0.717, 1.165) is 11.8 Å². The van der Waals surface area contributed by atoms with Gasteiger partial charge in [-0.1, -0.05) is 0 Å². The molecule has 1 unspecified atom stereocenters. The molecule has 0 aliphatic rings. The molecule has 0 amide bonds. The quantitative estimate of drug-likeness (QED) is 0.766. The van der Waals surface area contributed by atoms with E-state index in [4.69, 9.17) is 10.2 Å². The maximum Gasteiger partial charge on any atom is 0.141 e. The van der Waals surface area contributed by atoms with Crippen LogP contribution in [0.1, 0.15) is 5.56 Å². The minimum absolute atomic E-state index is 0.242. The highest BCUT2D eigenvalue weighted by Crippen LogP contribution is 2.12. The minimum atomic E-state index is -0.707. The van der Waals surface area contributed by atoms with Crippen LogP contribution in [-0.4, -0.2) is 33.7 Å². The number of nitrogens with zero attached hydrogens (tertiary/aromatic N) is 1. The van der Waals surface area contributed by atoms with Gasteiger partial charge in [0.2, 0.25) is 0 Å². The Morgan fingerprint density at radius 2 is 2.29 bits per heavy atom. The van der Waals surface area contributed by atoms with Gasteiger partial charge >= 0.3 is 0 Å². The Balaban J connectivity index is 2.31. The first kappa shape index (κ1) is 11.4. The fraction of sp³-hybridized carbons (Fsp3) is 0.444. The Hall–Kier alpha value is -0.650. The molecule has 3 nitrogen and oxygen atoms in total. The maximum absolute atomic E-state index is 12.7. The molecule has 0 saturated carbocycles. The fourth-order valence-corrected chi connectivity index (χ4v) is 1.79. The van der Waals surface area contributed by atoms with Crippen molar-refractivity contribution in [1.82, 2.24) is 4.98 Å². The van der Waals surface area contributed by atoms with Gasteiger partial charge in [0.25, 0.3) is 0 Å². The van der Waals surface area contributed by atoms with Gasteiger partial charge in [0.15, 0.2) is 0 Å². The number of thioether (sulfide) groups is 1. The third-order valence-electron chi connectivity index (χ3n) is 1.55. The van der Waals surface area contributed by atoms with Gasteiger partial charge in [0.1, 0.15) is 5.82 Å². The average Bonchev–Trinajstić information content (AvgIpc) is 2.17. The SMILES string of the molecule is OCC(O)CSCc1cncc(F)c1. The lowest BCUT2D eigenvalue weighted by atomic mass is 10.3. The molecule has 2 N–H and O–H groups in total. The number of halogens is 1. The Bertz CT molecular complexity index is 285. The van der Waals surface area contributed by atoms with Gasteiger partial charge in [-0.3, -0.25) is 4.98 Å². The van der Waals surface area contributed by atoms with Crippen LogP contribution in [0.25, 0.3) is 0 Å². The molecule has 0 aromatic carbocycles. The highest BCUT2D eigenvalue weighted by molar-refractivity contribution is 7.98. The molecule has 0 aliphatic carbocycles. The van der Waals surface area contributed by atoms with Crippen LogP contribution < -0.4 is 0 Å². The number of aliphatic hydroxyl groups excluding tert-OH is 2. The lowest BCUT2D eigenvalue weighted by Gasteiger charge is -2.05. The molecule has 1 aromatic rings. The van der Waals surface area contributed by atoms with Crippen molar-refractivity contribution in [1.29, 1.82) is 0 Å². The van der Waals surface area contributed by atoms with E-state index in [0.29, 0.717) is 11.5 Å². The van der Waals surface area contributed by atoms with Crippen molar-refractivity contribution >= 4 is 11.8 Å². The van der Waals surface area contributed by atoms with E-state index in [1.807, 2.05) is 0 Å². The number of aliphatic hydroxyl groups is 2. The zero-order chi connectivity index (χ0) is 10.4. The van der Waals surface area contributed by atoms with Crippen LogP contribution in [-0.2, 0) is 5.75 Å². The number of rotatable bonds is 5. The molecule has 0 radical (unpaired) electrons. The molecule has 1 rings (SSSR count). The van der Waals surface area contributed by atoms with E-state index in [1.54, 1.807) is 6.20 Å². The predicted molar refractivity (Wildman–Crippen MR) is 53.4 cm³/mol. The average molecular weight is 217 g/mol. The number of aromatic nitrogens is 1. The monoisotopic (exact) mass is 217 g/mol. The van der Waals surface area contributed by atoms with Crippen molar-refractivity contribution in [2.24, 2.45) is 0 Å². The van der Waals surface area contributed by atoms with Crippen molar-refractivity contribution in [3.63, 3.8) is 0 Å². The highest BCUT2D eigenvalue weighted by atomic mass is 32.2. The fourth-order valence-electron chi connectivity index (χ4n) is 0.900. The zero-order valence-corrected chi connectivity index (χ0v) is 8.38. The van der Waals surface area contributed by atoms with Gasteiger partial charge in [0, 0.05) is 17.7 Å². The zero-order valence-electron chi connectivity index (χ0n) is 7.56. The Morgan fingerprint density at radius 1 is 1.50 bits per heavy atom. The van der Waals surface area contributed by atoms with Gasteiger partial charge < -0.3 is 10.2 Å². The summed E-state index contributed by atoms with van der Waals surface area (Å²) in [6.07, 6.45) is 2.03. The predicted octanol–water partition coefficient (Wildman–Crippen LogP) is 0.807. The summed E-state index contributed by atoms with van der Waals surface area (Å²) in [6, 6.07) is 1.41. The van der Waals surface area contributed by atoms with Gasteiger partial charge in [-0.2, -0.15) is 11.8 Å². The summed E-state index contributed by atoms with van der Waals surface area (Å²) in [4.78, 5) is 3.70. The van der Waals surface area contributed by atoms with Gasteiger partial charge in [-0.25, -0.2) is 4.39 Å². The number of pyridine rings is 1. The molecule has 1 aromatic heterocycles. The Morgan fingerprint density at radius 3 is 2.93 bits per heavy atom. The van der Waals surface area contributed by atoms with E-state index in [2.05, 4.69) is 4.98 Å². The summed E-state index contributed by atoms with van der Waals surface area (Å²) in [5, 5.41) is 17.6. The molecule has 14 heavy (non-hydrogen) atoms. The summed E-state index contributed by atoms with van der Waals surface area (Å²) >= 11 is 1.43. The highest BCUT2D eigenvalue weighted by Gasteiger charge is 2.02. The molecular formula is C9H12FNO2S.